The maximum absolute atomic E-state index is 6.20. The maximum Gasteiger partial charge on any atom is 0.0637 e. The fourth-order valence-corrected chi connectivity index (χ4v) is 2.21. The molecule has 0 aliphatic heterocycles. The molecule has 0 aliphatic carbocycles. The van der Waals surface area contributed by atoms with Crippen molar-refractivity contribution < 1.29 is 0 Å². The van der Waals surface area contributed by atoms with Crippen LogP contribution >= 0.6 is 11.6 Å². The SMILES string of the molecule is CCNC(Cc1cccnc1)c1ccncc1Cl. The Bertz CT molecular complexity index is 487. The lowest BCUT2D eigenvalue weighted by Crippen LogP contribution is -2.23. The van der Waals surface area contributed by atoms with Gasteiger partial charge in [0.15, 0.2) is 0 Å². The lowest BCUT2D eigenvalue weighted by atomic mass is 10.0. The smallest absolute Gasteiger partial charge is 0.0637 e. The van der Waals surface area contributed by atoms with Crippen molar-refractivity contribution in [2.24, 2.45) is 0 Å². The van der Waals surface area contributed by atoms with Crippen LogP contribution in [-0.4, -0.2) is 16.5 Å². The molecule has 2 rings (SSSR count). The second-order valence-corrected chi connectivity index (χ2v) is 4.48. The second-order valence-electron chi connectivity index (χ2n) is 4.07. The number of pyridine rings is 2. The van der Waals surface area contributed by atoms with E-state index in [-0.39, 0.29) is 6.04 Å². The molecule has 4 heteroatoms. The first-order valence-electron chi connectivity index (χ1n) is 6.03. The monoisotopic (exact) mass is 261 g/mol. The lowest BCUT2D eigenvalue weighted by molar-refractivity contribution is 0.549. The predicted molar refractivity (Wildman–Crippen MR) is 73.6 cm³/mol. The first-order valence-corrected chi connectivity index (χ1v) is 6.40. The van der Waals surface area contributed by atoms with E-state index in [9.17, 15) is 0 Å². The quantitative estimate of drug-likeness (QED) is 0.899. The molecular weight excluding hydrogens is 246 g/mol. The summed E-state index contributed by atoms with van der Waals surface area (Å²) in [5.41, 5.74) is 2.27. The summed E-state index contributed by atoms with van der Waals surface area (Å²) in [5.74, 6) is 0. The first kappa shape index (κ1) is 13.0. The standard InChI is InChI=1S/C14H16ClN3/c1-2-18-14(8-11-4-3-6-16-9-11)12-5-7-17-10-13(12)15/h3-7,9-10,14,18H,2,8H2,1H3. The number of nitrogens with zero attached hydrogens (tertiary/aromatic N) is 2. The highest BCUT2D eigenvalue weighted by Gasteiger charge is 2.14. The van der Waals surface area contributed by atoms with Crippen LogP contribution in [-0.2, 0) is 6.42 Å². The number of likely N-dealkylation sites (N-methyl/N-ethyl adjacent to an activating group) is 1. The van der Waals surface area contributed by atoms with Crippen molar-refractivity contribution in [3.63, 3.8) is 0 Å². The topological polar surface area (TPSA) is 37.8 Å². The van der Waals surface area contributed by atoms with Gasteiger partial charge in [-0.25, -0.2) is 0 Å². The van der Waals surface area contributed by atoms with Gasteiger partial charge in [-0.3, -0.25) is 9.97 Å². The Morgan fingerprint density at radius 2 is 2.06 bits per heavy atom. The molecule has 0 aromatic carbocycles. The zero-order valence-electron chi connectivity index (χ0n) is 10.3. The summed E-state index contributed by atoms with van der Waals surface area (Å²) in [6.07, 6.45) is 8.00. The molecule has 18 heavy (non-hydrogen) atoms. The number of hydrogen-bond donors (Lipinski definition) is 1. The summed E-state index contributed by atoms with van der Waals surface area (Å²) in [6.45, 7) is 2.98. The van der Waals surface area contributed by atoms with E-state index in [1.54, 1.807) is 18.6 Å². The molecule has 2 aromatic heterocycles. The largest absolute Gasteiger partial charge is 0.310 e. The van der Waals surface area contributed by atoms with Crippen LogP contribution in [0.1, 0.15) is 24.1 Å². The molecule has 0 bridgehead atoms. The van der Waals surface area contributed by atoms with Gasteiger partial charge >= 0.3 is 0 Å². The Morgan fingerprint density at radius 1 is 1.22 bits per heavy atom. The van der Waals surface area contributed by atoms with Crippen molar-refractivity contribution in [2.45, 2.75) is 19.4 Å². The third kappa shape index (κ3) is 3.28. The van der Waals surface area contributed by atoms with Gasteiger partial charge in [0.25, 0.3) is 0 Å². The van der Waals surface area contributed by atoms with Crippen molar-refractivity contribution >= 4 is 11.6 Å². The lowest BCUT2D eigenvalue weighted by Gasteiger charge is -2.19. The molecule has 1 unspecified atom stereocenters. The van der Waals surface area contributed by atoms with Crippen LogP contribution in [0.15, 0.2) is 43.0 Å². The van der Waals surface area contributed by atoms with Crippen LogP contribution in [0.3, 0.4) is 0 Å². The van der Waals surface area contributed by atoms with Crippen LogP contribution in [0, 0.1) is 0 Å². The van der Waals surface area contributed by atoms with Crippen LogP contribution in [0.2, 0.25) is 5.02 Å². The molecule has 94 valence electrons. The van der Waals surface area contributed by atoms with Gasteiger partial charge in [-0.1, -0.05) is 24.6 Å². The van der Waals surface area contributed by atoms with Gasteiger partial charge in [0, 0.05) is 30.8 Å². The highest BCUT2D eigenvalue weighted by atomic mass is 35.5. The Hall–Kier alpha value is -1.45. The summed E-state index contributed by atoms with van der Waals surface area (Å²) in [5, 5.41) is 4.15. The third-order valence-corrected chi connectivity index (χ3v) is 3.11. The van der Waals surface area contributed by atoms with E-state index in [1.165, 1.54) is 5.56 Å². The summed E-state index contributed by atoms with van der Waals surface area (Å²) < 4.78 is 0. The zero-order chi connectivity index (χ0) is 12.8. The molecule has 0 fully saturated rings. The van der Waals surface area contributed by atoms with Gasteiger partial charge in [-0.05, 0) is 36.2 Å². The molecule has 1 N–H and O–H groups in total. The van der Waals surface area contributed by atoms with E-state index in [0.717, 1.165) is 18.5 Å². The Balaban J connectivity index is 2.21. The first-order chi connectivity index (χ1) is 8.81. The van der Waals surface area contributed by atoms with Gasteiger partial charge in [-0.2, -0.15) is 0 Å². The van der Waals surface area contributed by atoms with E-state index < -0.39 is 0 Å². The molecule has 0 amide bonds. The summed E-state index contributed by atoms with van der Waals surface area (Å²) in [4.78, 5) is 8.16. The highest BCUT2D eigenvalue weighted by molar-refractivity contribution is 6.31. The molecule has 1 atom stereocenters. The maximum atomic E-state index is 6.20. The number of halogens is 1. The van der Waals surface area contributed by atoms with Crippen molar-refractivity contribution in [1.29, 1.82) is 0 Å². The normalized spacial score (nSPS) is 12.3. The minimum atomic E-state index is 0.190. The number of nitrogens with one attached hydrogen (secondary N) is 1. The van der Waals surface area contributed by atoms with Gasteiger partial charge in [0.2, 0.25) is 0 Å². The zero-order valence-corrected chi connectivity index (χ0v) is 11.1. The van der Waals surface area contributed by atoms with Crippen LogP contribution in [0.4, 0.5) is 0 Å². The van der Waals surface area contributed by atoms with Crippen LogP contribution in [0.5, 0.6) is 0 Å². The molecule has 0 spiro atoms. The van der Waals surface area contributed by atoms with Crippen molar-refractivity contribution in [2.75, 3.05) is 6.54 Å². The van der Waals surface area contributed by atoms with Crippen LogP contribution in [0.25, 0.3) is 0 Å². The average molecular weight is 262 g/mol. The van der Waals surface area contributed by atoms with Crippen molar-refractivity contribution in [3.8, 4) is 0 Å². The number of hydrogen-bond acceptors (Lipinski definition) is 3. The summed E-state index contributed by atoms with van der Waals surface area (Å²) in [6, 6.07) is 6.18. The van der Waals surface area contributed by atoms with E-state index in [1.807, 2.05) is 18.3 Å². The predicted octanol–water partition coefficient (Wildman–Crippen LogP) is 3.02. The molecule has 2 heterocycles. The molecule has 2 aromatic rings. The van der Waals surface area contributed by atoms with Crippen molar-refractivity contribution in [3.05, 3.63) is 59.1 Å². The Morgan fingerprint density at radius 3 is 2.72 bits per heavy atom. The van der Waals surface area contributed by atoms with E-state index in [0.29, 0.717) is 5.02 Å². The minimum absolute atomic E-state index is 0.190. The summed E-state index contributed by atoms with van der Waals surface area (Å²) in [7, 11) is 0. The molecule has 3 nitrogen and oxygen atoms in total. The van der Waals surface area contributed by atoms with Gasteiger partial charge < -0.3 is 5.32 Å². The number of rotatable bonds is 5. The molecular formula is C14H16ClN3. The van der Waals surface area contributed by atoms with Gasteiger partial charge in [0.05, 0.1) is 5.02 Å². The second kappa shape index (κ2) is 6.47. The molecule has 0 saturated heterocycles. The molecule has 0 radical (unpaired) electrons. The van der Waals surface area contributed by atoms with Gasteiger partial charge in [-0.15, -0.1) is 0 Å². The van der Waals surface area contributed by atoms with Crippen molar-refractivity contribution in [1.82, 2.24) is 15.3 Å². The fraction of sp³-hybridized carbons (Fsp3) is 0.286. The molecule has 0 saturated carbocycles. The minimum Gasteiger partial charge on any atom is -0.310 e. The average Bonchev–Trinajstić information content (AvgIpc) is 2.40. The van der Waals surface area contributed by atoms with E-state index in [2.05, 4.69) is 28.3 Å². The fourth-order valence-electron chi connectivity index (χ4n) is 1.96. The van der Waals surface area contributed by atoms with E-state index in [4.69, 9.17) is 11.6 Å². The third-order valence-electron chi connectivity index (χ3n) is 2.79. The van der Waals surface area contributed by atoms with E-state index >= 15 is 0 Å². The molecule has 0 aliphatic rings. The highest BCUT2D eigenvalue weighted by Crippen LogP contribution is 2.24. The number of aromatic nitrogens is 2. The van der Waals surface area contributed by atoms with Gasteiger partial charge in [0.1, 0.15) is 0 Å². The van der Waals surface area contributed by atoms with Crippen LogP contribution < -0.4 is 5.32 Å². The Kier molecular flexibility index (Phi) is 4.67. The summed E-state index contributed by atoms with van der Waals surface area (Å²) >= 11 is 6.20. The Labute approximate surface area is 112 Å².